The largest absolute Gasteiger partial charge is 1.00 e. The van der Waals surface area contributed by atoms with Gasteiger partial charge in [0.2, 0.25) is 0 Å². The molecule has 0 unspecified atom stereocenters. The van der Waals surface area contributed by atoms with E-state index in [2.05, 4.69) is 4.74 Å². The van der Waals surface area contributed by atoms with Gasteiger partial charge in [0, 0.05) is 12.9 Å². The van der Waals surface area contributed by atoms with Gasteiger partial charge in [-0.2, -0.15) is 0 Å². The topological polar surface area (TPSA) is 66.4 Å². The Morgan fingerprint density at radius 1 is 1.33 bits per heavy atom. The van der Waals surface area contributed by atoms with Crippen molar-refractivity contribution in [1.29, 1.82) is 0 Å². The smallest absolute Gasteiger partial charge is 0.550 e. The second-order valence-electron chi connectivity index (χ2n) is 2.17. The number of aliphatic carboxylic acids is 1. The molecule has 4 nitrogen and oxygen atoms in total. The molecule has 0 saturated carbocycles. The molecule has 5 heteroatoms. The Kier molecular flexibility index (Phi) is 10.9. The maximum absolute atomic E-state index is 10.2. The van der Waals surface area contributed by atoms with Gasteiger partial charge in [-0.25, -0.2) is 0 Å². The van der Waals surface area contributed by atoms with Crippen molar-refractivity contribution >= 4 is 11.9 Å². The first kappa shape index (κ1) is 14.5. The van der Waals surface area contributed by atoms with Crippen molar-refractivity contribution in [3.63, 3.8) is 0 Å². The second-order valence-corrected chi connectivity index (χ2v) is 2.17. The fourth-order valence-corrected chi connectivity index (χ4v) is 0.587. The molecule has 0 aliphatic heterocycles. The fraction of sp³-hybridized carbons (Fsp3) is 0.714. The zero-order valence-corrected chi connectivity index (χ0v) is 9.46. The van der Waals surface area contributed by atoms with E-state index in [0.717, 1.165) is 0 Å². The van der Waals surface area contributed by atoms with Gasteiger partial charge < -0.3 is 14.6 Å². The normalized spacial score (nSPS) is 8.42. The Morgan fingerprint density at radius 2 is 1.92 bits per heavy atom. The molecule has 64 valence electrons. The van der Waals surface area contributed by atoms with E-state index in [1.54, 1.807) is 0 Å². The molecule has 0 aliphatic carbocycles. The van der Waals surface area contributed by atoms with Gasteiger partial charge >= 0.3 is 35.5 Å². The number of hydrogen-bond acceptors (Lipinski definition) is 4. The van der Waals surface area contributed by atoms with Gasteiger partial charge in [-0.3, -0.25) is 4.79 Å². The van der Waals surface area contributed by atoms with Crippen molar-refractivity contribution in [2.75, 3.05) is 6.61 Å². The fourth-order valence-electron chi connectivity index (χ4n) is 0.587. The minimum absolute atomic E-state index is 0. The van der Waals surface area contributed by atoms with Crippen LogP contribution in [0.2, 0.25) is 0 Å². The first-order valence-corrected chi connectivity index (χ1v) is 3.46. The van der Waals surface area contributed by atoms with Crippen LogP contribution >= 0.6 is 0 Å². The van der Waals surface area contributed by atoms with Crippen molar-refractivity contribution in [3.05, 3.63) is 0 Å². The summed E-state index contributed by atoms with van der Waals surface area (Å²) in [6, 6.07) is 0. The third-order valence-corrected chi connectivity index (χ3v) is 1.08. The Hall–Kier alpha value is -0.0600. The molecule has 0 saturated heterocycles. The predicted molar refractivity (Wildman–Crippen MR) is 35.5 cm³/mol. The first-order valence-electron chi connectivity index (χ1n) is 3.46. The van der Waals surface area contributed by atoms with Gasteiger partial charge in [-0.1, -0.05) is 0 Å². The third kappa shape index (κ3) is 12.6. The Morgan fingerprint density at radius 3 is 2.33 bits per heavy atom. The summed E-state index contributed by atoms with van der Waals surface area (Å²) in [7, 11) is 0. The van der Waals surface area contributed by atoms with Gasteiger partial charge in [0.05, 0.1) is 6.61 Å². The molecule has 0 spiro atoms. The number of carbonyl (C=O) groups is 2. The average molecular weight is 182 g/mol. The van der Waals surface area contributed by atoms with E-state index in [0.29, 0.717) is 19.4 Å². The van der Waals surface area contributed by atoms with E-state index in [-0.39, 0.29) is 41.9 Å². The number of hydrogen-bond donors (Lipinski definition) is 0. The molecule has 0 amide bonds. The van der Waals surface area contributed by atoms with E-state index >= 15 is 0 Å². The van der Waals surface area contributed by atoms with Crippen LogP contribution in [0.4, 0.5) is 0 Å². The minimum Gasteiger partial charge on any atom is -0.550 e. The van der Waals surface area contributed by atoms with Crippen LogP contribution in [0.25, 0.3) is 0 Å². The van der Waals surface area contributed by atoms with Crippen molar-refractivity contribution in [3.8, 4) is 0 Å². The standard InChI is InChI=1S/C7H12O4.Na/c1-6(8)11-5-3-2-4-7(9)10;/h2-5H2,1H3,(H,9,10);/q;+1/p-1. The summed E-state index contributed by atoms with van der Waals surface area (Å²) in [5.74, 6) is -1.40. The van der Waals surface area contributed by atoms with E-state index in [1.165, 1.54) is 6.92 Å². The number of carbonyl (C=O) groups excluding carboxylic acids is 2. The van der Waals surface area contributed by atoms with Crippen molar-refractivity contribution in [2.45, 2.75) is 26.2 Å². The monoisotopic (exact) mass is 182 g/mol. The number of ether oxygens (including phenoxy) is 1. The summed E-state index contributed by atoms with van der Waals surface area (Å²) in [6.07, 6.45) is 1.10. The van der Waals surface area contributed by atoms with Crippen LogP contribution in [0.1, 0.15) is 26.2 Å². The summed E-state index contributed by atoms with van der Waals surface area (Å²) in [5.41, 5.74) is 0. The summed E-state index contributed by atoms with van der Waals surface area (Å²) in [5, 5.41) is 9.88. The van der Waals surface area contributed by atoms with Crippen LogP contribution in [-0.4, -0.2) is 18.5 Å². The quantitative estimate of drug-likeness (QED) is 0.251. The van der Waals surface area contributed by atoms with Crippen LogP contribution in [0.5, 0.6) is 0 Å². The van der Waals surface area contributed by atoms with Crippen LogP contribution < -0.4 is 34.7 Å². The molecule has 0 aromatic heterocycles. The number of carboxylic acids is 1. The van der Waals surface area contributed by atoms with Crippen molar-refractivity contribution in [2.24, 2.45) is 0 Å². The van der Waals surface area contributed by atoms with Crippen LogP contribution in [-0.2, 0) is 14.3 Å². The van der Waals surface area contributed by atoms with E-state index in [1.807, 2.05) is 0 Å². The van der Waals surface area contributed by atoms with Crippen molar-refractivity contribution < 1.29 is 49.0 Å². The third-order valence-electron chi connectivity index (χ3n) is 1.08. The molecule has 0 fully saturated rings. The first-order chi connectivity index (χ1) is 5.13. The zero-order chi connectivity index (χ0) is 8.69. The molecule has 0 N–H and O–H groups in total. The van der Waals surface area contributed by atoms with Crippen LogP contribution in [0.15, 0.2) is 0 Å². The summed E-state index contributed by atoms with van der Waals surface area (Å²) in [4.78, 5) is 20.1. The maximum Gasteiger partial charge on any atom is 1.00 e. The molecule has 0 aliphatic rings. The SMILES string of the molecule is CC(=O)OCCCCC(=O)[O-].[Na+]. The van der Waals surface area contributed by atoms with Gasteiger partial charge in [-0.05, 0) is 19.3 Å². The van der Waals surface area contributed by atoms with Crippen LogP contribution in [0.3, 0.4) is 0 Å². The minimum atomic E-state index is -1.06. The Bertz CT molecular complexity index is 130. The average Bonchev–Trinajstić information content (AvgIpc) is 1.85. The molecule has 0 aromatic rings. The summed E-state index contributed by atoms with van der Waals surface area (Å²) < 4.78 is 4.57. The molecular weight excluding hydrogens is 171 g/mol. The molecule has 0 atom stereocenters. The van der Waals surface area contributed by atoms with E-state index < -0.39 is 5.97 Å². The number of rotatable bonds is 5. The van der Waals surface area contributed by atoms with E-state index in [4.69, 9.17) is 0 Å². The zero-order valence-electron chi connectivity index (χ0n) is 7.46. The van der Waals surface area contributed by atoms with E-state index in [9.17, 15) is 14.7 Å². The Balaban J connectivity index is 0. The maximum atomic E-state index is 10.2. The molecule has 0 heterocycles. The number of unbranched alkanes of at least 4 members (excludes halogenated alkanes) is 1. The molecule has 0 rings (SSSR count). The molecule has 0 bridgehead atoms. The number of carboxylic acid groups (broad SMARTS) is 1. The van der Waals surface area contributed by atoms with Gasteiger partial charge in [0.1, 0.15) is 0 Å². The van der Waals surface area contributed by atoms with Gasteiger partial charge in [0.25, 0.3) is 0 Å². The predicted octanol–water partition coefficient (Wildman–Crippen LogP) is -3.53. The molecular formula is C7H11NaO4. The van der Waals surface area contributed by atoms with Gasteiger partial charge in [0.15, 0.2) is 0 Å². The van der Waals surface area contributed by atoms with Gasteiger partial charge in [-0.15, -0.1) is 0 Å². The second kappa shape index (κ2) is 9.03. The van der Waals surface area contributed by atoms with Crippen molar-refractivity contribution in [1.82, 2.24) is 0 Å². The summed E-state index contributed by atoms with van der Waals surface area (Å²) in [6.45, 7) is 1.61. The molecule has 0 radical (unpaired) electrons. The summed E-state index contributed by atoms with van der Waals surface area (Å²) >= 11 is 0. The number of esters is 1. The molecule has 0 aromatic carbocycles. The molecule has 12 heavy (non-hydrogen) atoms. The van der Waals surface area contributed by atoms with Crippen LogP contribution in [0, 0.1) is 0 Å². The Labute approximate surface area is 93.6 Å².